The molecule has 0 amide bonds. The highest BCUT2D eigenvalue weighted by Gasteiger charge is 2.01. The van der Waals surface area contributed by atoms with Crippen LogP contribution in [0.2, 0.25) is 5.02 Å². The van der Waals surface area contributed by atoms with Gasteiger partial charge in [0.25, 0.3) is 0 Å². The van der Waals surface area contributed by atoms with Gasteiger partial charge in [-0.25, -0.2) is 4.39 Å². The number of benzene rings is 1. The van der Waals surface area contributed by atoms with Crippen LogP contribution in [0, 0.1) is 5.82 Å². The Morgan fingerprint density at radius 3 is 2.82 bits per heavy atom. The molecule has 0 atom stereocenters. The van der Waals surface area contributed by atoms with Gasteiger partial charge in [0.05, 0.1) is 6.20 Å². The van der Waals surface area contributed by atoms with Crippen molar-refractivity contribution >= 4 is 33.2 Å². The fourth-order valence-corrected chi connectivity index (χ4v) is 2.21. The van der Waals surface area contributed by atoms with Gasteiger partial charge in [-0.3, -0.25) is 4.98 Å². The SMILES string of the molecule is Fc1cncc(CNc2ccc(Cl)cc2Br)c1. The largest absolute Gasteiger partial charge is 0.380 e. The zero-order chi connectivity index (χ0) is 12.3. The molecule has 0 unspecified atom stereocenters. The Morgan fingerprint density at radius 2 is 2.12 bits per heavy atom. The topological polar surface area (TPSA) is 24.9 Å². The van der Waals surface area contributed by atoms with Crippen LogP contribution in [-0.4, -0.2) is 4.98 Å². The van der Waals surface area contributed by atoms with Crippen molar-refractivity contribution in [3.63, 3.8) is 0 Å². The summed E-state index contributed by atoms with van der Waals surface area (Å²) in [5.41, 5.74) is 1.69. The molecule has 2 nitrogen and oxygen atoms in total. The van der Waals surface area contributed by atoms with E-state index in [1.165, 1.54) is 12.3 Å². The third-order valence-corrected chi connectivity index (χ3v) is 3.07. The zero-order valence-electron chi connectivity index (χ0n) is 8.75. The van der Waals surface area contributed by atoms with Crippen molar-refractivity contribution in [1.29, 1.82) is 0 Å². The maximum atomic E-state index is 12.9. The lowest BCUT2D eigenvalue weighted by Crippen LogP contribution is -2.00. The molecule has 0 aliphatic heterocycles. The second-order valence-corrected chi connectivity index (χ2v) is 4.78. The van der Waals surface area contributed by atoms with Crippen LogP contribution in [0.4, 0.5) is 10.1 Å². The maximum absolute atomic E-state index is 12.9. The predicted octanol–water partition coefficient (Wildman–Crippen LogP) is 4.25. The monoisotopic (exact) mass is 314 g/mol. The van der Waals surface area contributed by atoms with Crippen molar-refractivity contribution in [3.8, 4) is 0 Å². The molecular weight excluding hydrogens is 307 g/mol. The van der Waals surface area contributed by atoms with Crippen molar-refractivity contribution in [3.05, 3.63) is 57.5 Å². The molecule has 0 aliphatic rings. The minimum Gasteiger partial charge on any atom is -0.380 e. The minimum absolute atomic E-state index is 0.334. The van der Waals surface area contributed by atoms with Gasteiger partial charge in [-0.15, -0.1) is 0 Å². The van der Waals surface area contributed by atoms with Crippen molar-refractivity contribution in [2.45, 2.75) is 6.54 Å². The van der Waals surface area contributed by atoms with E-state index >= 15 is 0 Å². The number of hydrogen-bond acceptors (Lipinski definition) is 2. The Hall–Kier alpha value is -1.13. The van der Waals surface area contributed by atoms with Crippen LogP contribution >= 0.6 is 27.5 Å². The number of aromatic nitrogens is 1. The van der Waals surface area contributed by atoms with Crippen LogP contribution in [0.15, 0.2) is 41.1 Å². The molecule has 1 heterocycles. The summed E-state index contributed by atoms with van der Waals surface area (Å²) in [7, 11) is 0. The molecule has 88 valence electrons. The molecule has 5 heteroatoms. The summed E-state index contributed by atoms with van der Waals surface area (Å²) in [6.45, 7) is 0.505. The summed E-state index contributed by atoms with van der Waals surface area (Å²) in [6, 6.07) is 6.90. The zero-order valence-corrected chi connectivity index (χ0v) is 11.1. The molecule has 0 fully saturated rings. The van der Waals surface area contributed by atoms with E-state index in [9.17, 15) is 4.39 Å². The number of halogens is 3. The summed E-state index contributed by atoms with van der Waals surface area (Å²) in [4.78, 5) is 3.79. The van der Waals surface area contributed by atoms with Crippen molar-refractivity contribution < 1.29 is 4.39 Å². The molecule has 17 heavy (non-hydrogen) atoms. The highest BCUT2D eigenvalue weighted by Crippen LogP contribution is 2.26. The first-order valence-corrected chi connectivity index (χ1v) is 6.10. The Kier molecular flexibility index (Phi) is 3.97. The van der Waals surface area contributed by atoms with Gasteiger partial charge in [-0.2, -0.15) is 0 Å². The van der Waals surface area contributed by atoms with Crippen LogP contribution in [0.25, 0.3) is 0 Å². The Bertz CT molecular complexity index is 534. The van der Waals surface area contributed by atoms with Gasteiger partial charge in [-0.05, 0) is 45.8 Å². The van der Waals surface area contributed by atoms with Crippen LogP contribution in [0.1, 0.15) is 5.56 Å². The fourth-order valence-electron chi connectivity index (χ4n) is 1.38. The average Bonchev–Trinajstić information content (AvgIpc) is 2.28. The molecule has 0 saturated carbocycles. The summed E-state index contributed by atoms with van der Waals surface area (Å²) in [5.74, 6) is -0.334. The Labute approximate surface area is 112 Å². The van der Waals surface area contributed by atoms with Crippen molar-refractivity contribution in [2.24, 2.45) is 0 Å². The van der Waals surface area contributed by atoms with Crippen LogP contribution in [-0.2, 0) is 6.54 Å². The highest BCUT2D eigenvalue weighted by atomic mass is 79.9. The maximum Gasteiger partial charge on any atom is 0.141 e. The first-order chi connectivity index (χ1) is 8.15. The van der Waals surface area contributed by atoms with Crippen LogP contribution < -0.4 is 5.32 Å². The number of rotatable bonds is 3. The molecule has 0 radical (unpaired) electrons. The van der Waals surface area contributed by atoms with Crippen LogP contribution in [0.5, 0.6) is 0 Å². The molecule has 1 aromatic carbocycles. The van der Waals surface area contributed by atoms with Crippen LogP contribution in [0.3, 0.4) is 0 Å². The second kappa shape index (κ2) is 5.47. The first-order valence-electron chi connectivity index (χ1n) is 4.93. The minimum atomic E-state index is -0.334. The molecule has 2 aromatic rings. The predicted molar refractivity (Wildman–Crippen MR) is 70.7 cm³/mol. The van der Waals surface area contributed by atoms with E-state index in [1.54, 1.807) is 18.3 Å². The lowest BCUT2D eigenvalue weighted by atomic mass is 10.2. The van der Waals surface area contributed by atoms with E-state index in [0.29, 0.717) is 11.6 Å². The fraction of sp³-hybridized carbons (Fsp3) is 0.0833. The molecule has 1 N–H and O–H groups in total. The summed E-state index contributed by atoms with van der Waals surface area (Å²) in [6.07, 6.45) is 2.81. The molecule has 2 rings (SSSR count). The van der Waals surface area contributed by atoms with E-state index < -0.39 is 0 Å². The Morgan fingerprint density at radius 1 is 1.29 bits per heavy atom. The lowest BCUT2D eigenvalue weighted by Gasteiger charge is -2.08. The number of hydrogen-bond donors (Lipinski definition) is 1. The van der Waals surface area contributed by atoms with Crippen molar-refractivity contribution in [2.75, 3.05) is 5.32 Å². The van der Waals surface area contributed by atoms with Crippen molar-refractivity contribution in [1.82, 2.24) is 4.98 Å². The summed E-state index contributed by atoms with van der Waals surface area (Å²) in [5, 5.41) is 3.83. The number of pyridine rings is 1. The summed E-state index contributed by atoms with van der Waals surface area (Å²) >= 11 is 9.24. The van der Waals surface area contributed by atoms with E-state index in [2.05, 4.69) is 26.2 Å². The molecule has 0 aliphatic carbocycles. The lowest BCUT2D eigenvalue weighted by molar-refractivity contribution is 0.619. The standard InChI is InChI=1S/C12H9BrClFN2/c13-11-4-9(14)1-2-12(11)17-6-8-3-10(15)7-16-5-8/h1-5,7,17H,6H2. The number of nitrogens with zero attached hydrogens (tertiary/aromatic N) is 1. The second-order valence-electron chi connectivity index (χ2n) is 3.49. The molecule has 0 spiro atoms. The van der Waals surface area contributed by atoms with Gasteiger partial charge in [0.15, 0.2) is 0 Å². The Balaban J connectivity index is 2.07. The van der Waals surface area contributed by atoms with Gasteiger partial charge in [0.2, 0.25) is 0 Å². The smallest absolute Gasteiger partial charge is 0.141 e. The van der Waals surface area contributed by atoms with Gasteiger partial charge < -0.3 is 5.32 Å². The highest BCUT2D eigenvalue weighted by molar-refractivity contribution is 9.10. The van der Waals surface area contributed by atoms with Gasteiger partial charge >= 0.3 is 0 Å². The van der Waals surface area contributed by atoms with E-state index in [4.69, 9.17) is 11.6 Å². The molecule has 0 saturated heterocycles. The van der Waals surface area contributed by atoms with Gasteiger partial charge in [-0.1, -0.05) is 11.6 Å². The van der Waals surface area contributed by atoms with Gasteiger partial charge in [0.1, 0.15) is 5.82 Å². The van der Waals surface area contributed by atoms with Gasteiger partial charge in [0, 0.05) is 27.9 Å². The molecular formula is C12H9BrClFN2. The van der Waals surface area contributed by atoms with E-state index in [-0.39, 0.29) is 5.82 Å². The third-order valence-electron chi connectivity index (χ3n) is 2.18. The molecule has 1 aromatic heterocycles. The first kappa shape index (κ1) is 12.3. The summed E-state index contributed by atoms with van der Waals surface area (Å²) < 4.78 is 13.8. The molecule has 0 bridgehead atoms. The average molecular weight is 316 g/mol. The van der Waals surface area contributed by atoms with E-state index in [1.807, 2.05) is 6.07 Å². The van der Waals surface area contributed by atoms with E-state index in [0.717, 1.165) is 15.7 Å². The normalized spacial score (nSPS) is 10.3. The number of nitrogens with one attached hydrogen (secondary N) is 1. The third kappa shape index (κ3) is 3.41. The quantitative estimate of drug-likeness (QED) is 0.916. The number of anilines is 1.